The van der Waals surface area contributed by atoms with E-state index in [0.29, 0.717) is 0 Å². The van der Waals surface area contributed by atoms with Crippen LogP contribution in [0.25, 0.3) is 0 Å². The van der Waals surface area contributed by atoms with Gasteiger partial charge >= 0.3 is 0 Å². The summed E-state index contributed by atoms with van der Waals surface area (Å²) in [5.74, 6) is 1.18. The first kappa shape index (κ1) is 9.46. The van der Waals surface area contributed by atoms with Crippen molar-refractivity contribution in [3.63, 3.8) is 0 Å². The van der Waals surface area contributed by atoms with Crippen molar-refractivity contribution in [2.75, 3.05) is 0 Å². The van der Waals surface area contributed by atoms with E-state index in [4.69, 9.17) is 0 Å². The number of thiophene rings is 1. The third-order valence-corrected chi connectivity index (χ3v) is 3.07. The minimum absolute atomic E-state index is 1.01. The Balaban J connectivity index is 1.98. The number of nitrogens with zero attached hydrogens (tertiary/aromatic N) is 2. The molecule has 0 spiro atoms. The molecule has 2 heterocycles. The molecule has 0 saturated heterocycles. The number of aryl methyl sites for hydroxylation is 3. The summed E-state index contributed by atoms with van der Waals surface area (Å²) in [5, 5.41) is 4.34. The van der Waals surface area contributed by atoms with Gasteiger partial charge in [-0.1, -0.05) is 6.92 Å². The summed E-state index contributed by atoms with van der Waals surface area (Å²) in [6, 6.07) is 2.19. The Morgan fingerprint density at radius 1 is 1.50 bits per heavy atom. The number of hydrogen-bond donors (Lipinski definition) is 0. The summed E-state index contributed by atoms with van der Waals surface area (Å²) in [6.07, 6.45) is 6.06. The summed E-state index contributed by atoms with van der Waals surface area (Å²) in [7, 11) is 0. The lowest BCUT2D eigenvalue weighted by molar-refractivity contribution is 0.657. The van der Waals surface area contributed by atoms with Gasteiger partial charge in [0.15, 0.2) is 0 Å². The van der Waals surface area contributed by atoms with Gasteiger partial charge in [0.05, 0.1) is 0 Å². The summed E-state index contributed by atoms with van der Waals surface area (Å²) in [4.78, 5) is 4.30. The van der Waals surface area contributed by atoms with E-state index in [1.807, 2.05) is 6.20 Å². The molecule has 0 aliphatic rings. The van der Waals surface area contributed by atoms with Crippen LogP contribution in [0.15, 0.2) is 29.2 Å². The van der Waals surface area contributed by atoms with Crippen LogP contribution in [0, 0.1) is 0 Å². The fourth-order valence-electron chi connectivity index (χ4n) is 1.54. The highest BCUT2D eigenvalue weighted by atomic mass is 32.1. The van der Waals surface area contributed by atoms with Crippen LogP contribution in [-0.2, 0) is 19.4 Å². The van der Waals surface area contributed by atoms with Gasteiger partial charge in [0.25, 0.3) is 0 Å². The van der Waals surface area contributed by atoms with Crippen LogP contribution in [-0.4, -0.2) is 9.55 Å². The molecule has 0 atom stereocenters. The van der Waals surface area contributed by atoms with Crippen molar-refractivity contribution in [2.45, 2.75) is 26.3 Å². The molecule has 0 amide bonds. The first-order valence-electron chi connectivity index (χ1n) is 4.91. The molecular formula is C11H14N2S. The van der Waals surface area contributed by atoms with Gasteiger partial charge in [-0.2, -0.15) is 11.3 Å². The highest BCUT2D eigenvalue weighted by molar-refractivity contribution is 7.07. The van der Waals surface area contributed by atoms with E-state index in [1.54, 1.807) is 11.3 Å². The third-order valence-electron chi connectivity index (χ3n) is 2.34. The molecule has 0 aliphatic carbocycles. The Kier molecular flexibility index (Phi) is 2.99. The highest BCUT2D eigenvalue weighted by Gasteiger charge is 2.00. The second kappa shape index (κ2) is 4.42. The average Bonchev–Trinajstić information content (AvgIpc) is 2.85. The zero-order valence-electron chi connectivity index (χ0n) is 8.31. The monoisotopic (exact) mass is 206 g/mol. The molecule has 3 heteroatoms. The molecule has 2 rings (SSSR count). The van der Waals surface area contributed by atoms with Gasteiger partial charge in [0.2, 0.25) is 0 Å². The summed E-state index contributed by atoms with van der Waals surface area (Å²) >= 11 is 1.76. The predicted octanol–water partition coefficient (Wildman–Crippen LogP) is 2.75. The average molecular weight is 206 g/mol. The molecule has 0 saturated carbocycles. The maximum absolute atomic E-state index is 4.30. The van der Waals surface area contributed by atoms with Crippen molar-refractivity contribution in [3.8, 4) is 0 Å². The topological polar surface area (TPSA) is 17.8 Å². The van der Waals surface area contributed by atoms with Crippen LogP contribution < -0.4 is 0 Å². The maximum atomic E-state index is 4.30. The van der Waals surface area contributed by atoms with Crippen molar-refractivity contribution in [1.29, 1.82) is 0 Å². The molecule has 2 aromatic heterocycles. The standard InChI is InChI=1S/C11H14N2S/c1-2-11-12-5-7-13(11)6-3-10-4-8-14-9-10/h4-5,7-9H,2-3,6H2,1H3. The molecule has 0 bridgehead atoms. The second-order valence-corrected chi connectivity index (χ2v) is 4.05. The second-order valence-electron chi connectivity index (χ2n) is 3.27. The molecule has 2 aromatic rings. The van der Waals surface area contributed by atoms with Crippen LogP contribution in [0.4, 0.5) is 0 Å². The quantitative estimate of drug-likeness (QED) is 0.752. The van der Waals surface area contributed by atoms with E-state index in [2.05, 4.69) is 39.5 Å². The fraction of sp³-hybridized carbons (Fsp3) is 0.364. The third kappa shape index (κ3) is 2.04. The van der Waals surface area contributed by atoms with Crippen molar-refractivity contribution < 1.29 is 0 Å². The van der Waals surface area contributed by atoms with Crippen molar-refractivity contribution in [1.82, 2.24) is 9.55 Å². The van der Waals surface area contributed by atoms with E-state index < -0.39 is 0 Å². The molecule has 0 N–H and O–H groups in total. The van der Waals surface area contributed by atoms with Gasteiger partial charge in [0, 0.05) is 25.4 Å². The molecule has 14 heavy (non-hydrogen) atoms. The summed E-state index contributed by atoms with van der Waals surface area (Å²) in [6.45, 7) is 3.18. The molecule has 0 unspecified atom stereocenters. The molecule has 0 aromatic carbocycles. The van der Waals surface area contributed by atoms with E-state index in [1.165, 1.54) is 11.4 Å². The predicted molar refractivity (Wildman–Crippen MR) is 59.6 cm³/mol. The van der Waals surface area contributed by atoms with Gasteiger partial charge in [0.1, 0.15) is 5.82 Å². The van der Waals surface area contributed by atoms with Crippen LogP contribution in [0.5, 0.6) is 0 Å². The summed E-state index contributed by atoms with van der Waals surface area (Å²) in [5.41, 5.74) is 1.42. The van der Waals surface area contributed by atoms with E-state index in [-0.39, 0.29) is 0 Å². The lowest BCUT2D eigenvalue weighted by Crippen LogP contribution is -2.03. The number of aromatic nitrogens is 2. The van der Waals surface area contributed by atoms with Gasteiger partial charge in [-0.05, 0) is 28.8 Å². The zero-order chi connectivity index (χ0) is 9.80. The van der Waals surface area contributed by atoms with E-state index >= 15 is 0 Å². The lowest BCUT2D eigenvalue weighted by atomic mass is 10.2. The summed E-state index contributed by atoms with van der Waals surface area (Å²) < 4.78 is 2.23. The first-order chi connectivity index (χ1) is 6.90. The van der Waals surface area contributed by atoms with Gasteiger partial charge in [-0.15, -0.1) is 0 Å². The van der Waals surface area contributed by atoms with Crippen LogP contribution in [0.1, 0.15) is 18.3 Å². The Morgan fingerprint density at radius 2 is 2.43 bits per heavy atom. The van der Waals surface area contributed by atoms with Gasteiger partial charge < -0.3 is 4.57 Å². The normalized spacial score (nSPS) is 10.6. The van der Waals surface area contributed by atoms with Gasteiger partial charge in [-0.3, -0.25) is 0 Å². The molecule has 0 radical (unpaired) electrons. The van der Waals surface area contributed by atoms with Crippen LogP contribution in [0.3, 0.4) is 0 Å². The van der Waals surface area contributed by atoms with Crippen LogP contribution in [0.2, 0.25) is 0 Å². The molecule has 2 nitrogen and oxygen atoms in total. The Morgan fingerprint density at radius 3 is 3.14 bits per heavy atom. The lowest BCUT2D eigenvalue weighted by Gasteiger charge is -2.04. The van der Waals surface area contributed by atoms with Crippen LogP contribution >= 0.6 is 11.3 Å². The molecule has 0 aliphatic heterocycles. The Hall–Kier alpha value is -1.09. The number of hydrogen-bond acceptors (Lipinski definition) is 2. The SMILES string of the molecule is CCc1nccn1CCc1ccsc1. The van der Waals surface area contributed by atoms with E-state index in [0.717, 1.165) is 19.4 Å². The minimum atomic E-state index is 1.01. The van der Waals surface area contributed by atoms with Crippen molar-refractivity contribution in [3.05, 3.63) is 40.6 Å². The maximum Gasteiger partial charge on any atom is 0.108 e. The van der Waals surface area contributed by atoms with Gasteiger partial charge in [-0.25, -0.2) is 4.98 Å². The smallest absolute Gasteiger partial charge is 0.108 e. The molecule has 0 fully saturated rings. The van der Waals surface area contributed by atoms with Crippen molar-refractivity contribution >= 4 is 11.3 Å². The number of rotatable bonds is 4. The first-order valence-corrected chi connectivity index (χ1v) is 5.85. The van der Waals surface area contributed by atoms with Crippen molar-refractivity contribution in [2.24, 2.45) is 0 Å². The fourth-order valence-corrected chi connectivity index (χ4v) is 2.25. The Labute approximate surface area is 88.2 Å². The molecule has 74 valence electrons. The minimum Gasteiger partial charge on any atom is -0.335 e. The molecular weight excluding hydrogens is 192 g/mol. The van der Waals surface area contributed by atoms with E-state index in [9.17, 15) is 0 Å². The number of imidazole rings is 1. The Bertz CT molecular complexity index is 376. The largest absolute Gasteiger partial charge is 0.335 e. The highest BCUT2D eigenvalue weighted by Crippen LogP contribution is 2.08. The zero-order valence-corrected chi connectivity index (χ0v) is 9.13.